The molecule has 2 aromatic rings. The van der Waals surface area contributed by atoms with E-state index in [2.05, 4.69) is 19.9 Å². The molecule has 2 N–H and O–H groups in total. The van der Waals surface area contributed by atoms with Gasteiger partial charge in [0.2, 0.25) is 10.0 Å². The van der Waals surface area contributed by atoms with Crippen LogP contribution in [-0.4, -0.2) is 30.1 Å². The molecule has 1 aromatic heterocycles. The van der Waals surface area contributed by atoms with E-state index in [1.165, 1.54) is 18.5 Å². The molecule has 0 atom stereocenters. The highest BCUT2D eigenvalue weighted by Gasteiger charge is 2.20. The molecule has 0 saturated heterocycles. The van der Waals surface area contributed by atoms with Crippen LogP contribution >= 0.6 is 23.2 Å². The topological polar surface area (TPSA) is 87.7 Å². The van der Waals surface area contributed by atoms with E-state index in [1.807, 2.05) is 0 Å². The Hall–Kier alpha value is -1.15. The molecule has 108 valence electrons. The Morgan fingerprint density at radius 3 is 2.55 bits per heavy atom. The molecule has 0 amide bonds. The van der Waals surface area contributed by atoms with Crippen molar-refractivity contribution in [1.82, 2.24) is 19.9 Å². The van der Waals surface area contributed by atoms with E-state index in [4.69, 9.17) is 23.2 Å². The maximum absolute atomic E-state index is 12.1. The SMILES string of the molecule is O=S(=O)(NCCCc1ncn[nH]1)c1c(Cl)cccc1Cl. The van der Waals surface area contributed by atoms with Crippen LogP contribution in [0, 0.1) is 0 Å². The van der Waals surface area contributed by atoms with E-state index in [1.54, 1.807) is 6.07 Å². The number of nitrogens with one attached hydrogen (secondary N) is 2. The average Bonchev–Trinajstić information content (AvgIpc) is 2.87. The first-order valence-corrected chi connectivity index (χ1v) is 8.02. The minimum absolute atomic E-state index is 0.0944. The average molecular weight is 335 g/mol. The van der Waals surface area contributed by atoms with Crippen molar-refractivity contribution in [3.63, 3.8) is 0 Å². The molecule has 6 nitrogen and oxygen atoms in total. The molecule has 0 fully saturated rings. The summed E-state index contributed by atoms with van der Waals surface area (Å²) in [6.45, 7) is 0.255. The quantitative estimate of drug-likeness (QED) is 0.791. The third-order valence-corrected chi connectivity index (χ3v) is 4.95. The van der Waals surface area contributed by atoms with Crippen LogP contribution in [0.3, 0.4) is 0 Å². The van der Waals surface area contributed by atoms with E-state index in [0.717, 1.165) is 0 Å². The first-order chi connectivity index (χ1) is 9.50. The van der Waals surface area contributed by atoms with E-state index in [9.17, 15) is 8.42 Å². The summed E-state index contributed by atoms with van der Waals surface area (Å²) < 4.78 is 26.7. The molecule has 20 heavy (non-hydrogen) atoms. The number of hydrogen-bond donors (Lipinski definition) is 2. The highest BCUT2D eigenvalue weighted by Crippen LogP contribution is 2.28. The van der Waals surface area contributed by atoms with Crippen LogP contribution < -0.4 is 4.72 Å². The molecule has 0 spiro atoms. The second-order valence-corrected chi connectivity index (χ2v) is 6.50. The number of nitrogens with zero attached hydrogens (tertiary/aromatic N) is 2. The predicted octanol–water partition coefficient (Wildman–Crippen LogP) is 2.02. The molecule has 0 aliphatic carbocycles. The molecule has 0 aliphatic heterocycles. The van der Waals surface area contributed by atoms with Gasteiger partial charge in [-0.2, -0.15) is 5.10 Å². The van der Waals surface area contributed by atoms with Crippen LogP contribution in [0.2, 0.25) is 10.0 Å². The minimum Gasteiger partial charge on any atom is -0.263 e. The van der Waals surface area contributed by atoms with Gasteiger partial charge in [-0.05, 0) is 18.6 Å². The van der Waals surface area contributed by atoms with Crippen LogP contribution in [-0.2, 0) is 16.4 Å². The fraction of sp³-hybridized carbons (Fsp3) is 0.273. The van der Waals surface area contributed by atoms with Crippen LogP contribution in [0.5, 0.6) is 0 Å². The van der Waals surface area contributed by atoms with Gasteiger partial charge in [-0.15, -0.1) is 0 Å². The van der Waals surface area contributed by atoms with Crippen molar-refractivity contribution in [2.45, 2.75) is 17.7 Å². The smallest absolute Gasteiger partial charge is 0.243 e. The number of hydrogen-bond acceptors (Lipinski definition) is 4. The number of aromatic amines is 1. The van der Waals surface area contributed by atoms with E-state index < -0.39 is 10.0 Å². The third kappa shape index (κ3) is 3.69. The molecule has 1 aromatic carbocycles. The lowest BCUT2D eigenvalue weighted by Gasteiger charge is -2.09. The van der Waals surface area contributed by atoms with Crippen molar-refractivity contribution >= 4 is 33.2 Å². The molecule has 1 heterocycles. The van der Waals surface area contributed by atoms with Crippen molar-refractivity contribution in [1.29, 1.82) is 0 Å². The van der Waals surface area contributed by atoms with Crippen molar-refractivity contribution in [2.24, 2.45) is 0 Å². The van der Waals surface area contributed by atoms with Gasteiger partial charge >= 0.3 is 0 Å². The van der Waals surface area contributed by atoms with Crippen LogP contribution in [0.15, 0.2) is 29.4 Å². The summed E-state index contributed by atoms with van der Waals surface area (Å²) in [6.07, 6.45) is 2.58. The summed E-state index contributed by atoms with van der Waals surface area (Å²) in [5.41, 5.74) is 0. The fourth-order valence-electron chi connectivity index (χ4n) is 1.63. The van der Waals surface area contributed by atoms with E-state index in [0.29, 0.717) is 18.7 Å². The van der Waals surface area contributed by atoms with Gasteiger partial charge in [0.15, 0.2) is 0 Å². The summed E-state index contributed by atoms with van der Waals surface area (Å²) in [6, 6.07) is 4.56. The molecular formula is C11H12Cl2N4O2S. The lowest BCUT2D eigenvalue weighted by Crippen LogP contribution is -2.25. The molecule has 9 heteroatoms. The van der Waals surface area contributed by atoms with E-state index >= 15 is 0 Å². The second-order valence-electron chi connectivity index (χ2n) is 3.98. The highest BCUT2D eigenvalue weighted by molar-refractivity contribution is 7.89. The maximum Gasteiger partial charge on any atom is 0.243 e. The van der Waals surface area contributed by atoms with Crippen molar-refractivity contribution in [3.8, 4) is 0 Å². The molecule has 0 aliphatic rings. The predicted molar refractivity (Wildman–Crippen MR) is 76.4 cm³/mol. The van der Waals surface area contributed by atoms with Crippen LogP contribution in [0.25, 0.3) is 0 Å². The Bertz CT molecular complexity index is 653. The largest absolute Gasteiger partial charge is 0.263 e. The summed E-state index contributed by atoms with van der Waals surface area (Å²) in [7, 11) is -3.72. The Balaban J connectivity index is 1.97. The second kappa shape index (κ2) is 6.53. The number of rotatable bonds is 6. The summed E-state index contributed by atoms with van der Waals surface area (Å²) in [5, 5.41) is 6.61. The van der Waals surface area contributed by atoms with Gasteiger partial charge in [0.05, 0.1) is 10.0 Å². The summed E-state index contributed by atoms with van der Waals surface area (Å²) in [5.74, 6) is 0.708. The molecule has 0 bridgehead atoms. The zero-order valence-corrected chi connectivity index (χ0v) is 12.6. The standard InChI is InChI=1S/C11H12Cl2N4O2S/c12-8-3-1-4-9(13)11(8)20(18,19)16-6-2-5-10-14-7-15-17-10/h1,3-4,7,16H,2,5-6H2,(H,14,15,17). The zero-order valence-electron chi connectivity index (χ0n) is 10.3. The van der Waals surface area contributed by atoms with Gasteiger partial charge in [-0.1, -0.05) is 29.3 Å². The monoisotopic (exact) mass is 334 g/mol. The lowest BCUT2D eigenvalue weighted by molar-refractivity contribution is 0.578. The van der Waals surface area contributed by atoms with Gasteiger partial charge in [0.1, 0.15) is 17.0 Å². The normalized spacial score (nSPS) is 11.7. The maximum atomic E-state index is 12.1. The summed E-state index contributed by atoms with van der Waals surface area (Å²) >= 11 is 11.8. The third-order valence-electron chi connectivity index (χ3n) is 2.54. The molecule has 0 saturated carbocycles. The fourth-order valence-corrected chi connectivity index (χ4v) is 3.84. The zero-order chi connectivity index (χ0) is 14.6. The number of aromatic nitrogens is 3. The van der Waals surface area contributed by atoms with Crippen LogP contribution in [0.4, 0.5) is 0 Å². The number of H-pyrrole nitrogens is 1. The minimum atomic E-state index is -3.72. The highest BCUT2D eigenvalue weighted by atomic mass is 35.5. The first kappa shape index (κ1) is 15.2. The Morgan fingerprint density at radius 2 is 1.95 bits per heavy atom. The van der Waals surface area contributed by atoms with E-state index in [-0.39, 0.29) is 21.5 Å². The molecule has 0 radical (unpaired) electrons. The number of aryl methyl sites for hydroxylation is 1. The van der Waals surface area contributed by atoms with Crippen molar-refractivity contribution < 1.29 is 8.42 Å². The van der Waals surface area contributed by atoms with Gasteiger partial charge in [-0.25, -0.2) is 18.1 Å². The van der Waals surface area contributed by atoms with Gasteiger partial charge in [0, 0.05) is 13.0 Å². The van der Waals surface area contributed by atoms with Gasteiger partial charge in [0.25, 0.3) is 0 Å². The van der Waals surface area contributed by atoms with Crippen LogP contribution in [0.1, 0.15) is 12.2 Å². The van der Waals surface area contributed by atoms with Crippen molar-refractivity contribution in [3.05, 3.63) is 40.4 Å². The summed E-state index contributed by atoms with van der Waals surface area (Å²) in [4.78, 5) is 3.86. The number of sulfonamides is 1. The lowest BCUT2D eigenvalue weighted by atomic mass is 10.3. The first-order valence-electron chi connectivity index (χ1n) is 5.78. The number of halogens is 2. The van der Waals surface area contributed by atoms with Gasteiger partial charge < -0.3 is 0 Å². The molecular weight excluding hydrogens is 323 g/mol. The Labute approximate surface area is 126 Å². The number of benzene rings is 1. The Kier molecular flexibility index (Phi) is 4.98. The van der Waals surface area contributed by atoms with Gasteiger partial charge in [-0.3, -0.25) is 5.10 Å². The molecule has 0 unspecified atom stereocenters. The molecule has 2 rings (SSSR count). The Morgan fingerprint density at radius 1 is 1.25 bits per heavy atom. The van der Waals surface area contributed by atoms with Crippen molar-refractivity contribution in [2.75, 3.05) is 6.54 Å².